The maximum Gasteiger partial charge on any atom is 0.277 e. The topological polar surface area (TPSA) is 136 Å². The second kappa shape index (κ2) is 9.61. The molecule has 34 heavy (non-hydrogen) atoms. The fourth-order valence-electron chi connectivity index (χ4n) is 3.81. The van der Waals surface area contributed by atoms with Gasteiger partial charge in [-0.3, -0.25) is 25.0 Å². The van der Waals surface area contributed by atoms with Crippen LogP contribution in [0.3, 0.4) is 0 Å². The second-order valence-corrected chi connectivity index (χ2v) is 7.86. The maximum atomic E-state index is 12.9. The van der Waals surface area contributed by atoms with Gasteiger partial charge in [0.1, 0.15) is 0 Å². The Kier molecular flexibility index (Phi) is 6.44. The molecule has 3 aromatic rings. The molecule has 2 aromatic carbocycles. The minimum absolute atomic E-state index is 0.0763. The molecule has 1 aliphatic rings. The molecule has 2 heterocycles. The highest BCUT2D eigenvalue weighted by Gasteiger charge is 2.26. The Bertz CT molecular complexity index is 1190. The van der Waals surface area contributed by atoms with Gasteiger partial charge in [0.25, 0.3) is 17.3 Å². The Balaban J connectivity index is 1.42. The number of carbonyl (C=O) groups excluding carboxylic acids is 1. The van der Waals surface area contributed by atoms with Gasteiger partial charge in [0.05, 0.1) is 27.2 Å². The molecule has 4 rings (SSSR count). The number of hydrogen-bond acceptors (Lipinski definition) is 8. The summed E-state index contributed by atoms with van der Waals surface area (Å²) in [5.74, 6) is 0.204. The molecule has 0 bridgehead atoms. The number of amides is 1. The summed E-state index contributed by atoms with van der Waals surface area (Å²) in [6.45, 7) is 3.77. The Morgan fingerprint density at radius 2 is 1.50 bits per heavy atom. The van der Waals surface area contributed by atoms with Gasteiger partial charge in [0, 0.05) is 43.9 Å². The van der Waals surface area contributed by atoms with Crippen molar-refractivity contribution in [2.75, 3.05) is 31.1 Å². The lowest BCUT2D eigenvalue weighted by Crippen LogP contribution is -2.49. The third kappa shape index (κ3) is 4.82. The van der Waals surface area contributed by atoms with Crippen LogP contribution in [0, 0.1) is 20.2 Å². The summed E-state index contributed by atoms with van der Waals surface area (Å²) >= 11 is 0. The van der Waals surface area contributed by atoms with Crippen molar-refractivity contribution >= 4 is 23.1 Å². The molecule has 1 saturated heterocycles. The molecule has 0 saturated carbocycles. The number of nitro groups is 2. The highest BCUT2D eigenvalue weighted by molar-refractivity contribution is 5.95. The number of nitrogens with zero attached hydrogens (tertiary/aromatic N) is 6. The highest BCUT2D eigenvalue weighted by Crippen LogP contribution is 2.25. The molecule has 0 spiro atoms. The van der Waals surface area contributed by atoms with E-state index in [2.05, 4.69) is 29.3 Å². The molecule has 0 aliphatic carbocycles. The Labute approximate surface area is 194 Å². The monoisotopic (exact) mass is 462 g/mol. The van der Waals surface area contributed by atoms with E-state index in [9.17, 15) is 25.0 Å². The largest absolute Gasteiger partial charge is 0.352 e. The number of rotatable bonds is 6. The van der Waals surface area contributed by atoms with Gasteiger partial charge in [-0.2, -0.15) is 0 Å². The van der Waals surface area contributed by atoms with E-state index in [1.54, 1.807) is 0 Å². The lowest BCUT2D eigenvalue weighted by Gasteiger charge is -2.35. The molecule has 0 atom stereocenters. The van der Waals surface area contributed by atoms with Crippen LogP contribution in [0.1, 0.15) is 22.8 Å². The Morgan fingerprint density at radius 3 is 2.00 bits per heavy atom. The van der Waals surface area contributed by atoms with Crippen molar-refractivity contribution in [3.63, 3.8) is 0 Å². The molecule has 0 radical (unpaired) electrons. The number of nitro benzene ring substituents is 2. The summed E-state index contributed by atoms with van der Waals surface area (Å²) in [7, 11) is 0. The van der Waals surface area contributed by atoms with E-state index in [1.165, 1.54) is 10.5 Å². The molecule has 0 N–H and O–H groups in total. The SMILES string of the molecule is CCc1ccc(-c2ccc(N3CCN(C(=O)c4cc([N+](=O)[O-])cc([N+](=O)[O-])c4)CC3)nn2)cc1. The number of aromatic nitrogens is 2. The van der Waals surface area contributed by atoms with Crippen LogP contribution in [-0.2, 0) is 6.42 Å². The minimum Gasteiger partial charge on any atom is -0.352 e. The van der Waals surface area contributed by atoms with Gasteiger partial charge in [0.15, 0.2) is 5.82 Å². The van der Waals surface area contributed by atoms with Crippen molar-refractivity contribution in [3.05, 3.63) is 86.0 Å². The number of hydrogen-bond donors (Lipinski definition) is 0. The zero-order chi connectivity index (χ0) is 24.2. The Morgan fingerprint density at radius 1 is 0.882 bits per heavy atom. The number of piperazine rings is 1. The lowest BCUT2D eigenvalue weighted by molar-refractivity contribution is -0.394. The summed E-state index contributed by atoms with van der Waals surface area (Å²) in [5, 5.41) is 30.9. The zero-order valence-electron chi connectivity index (χ0n) is 18.5. The molecule has 1 amide bonds. The van der Waals surface area contributed by atoms with Crippen molar-refractivity contribution in [2.45, 2.75) is 13.3 Å². The number of anilines is 1. The first kappa shape index (κ1) is 22.8. The van der Waals surface area contributed by atoms with Gasteiger partial charge < -0.3 is 9.80 Å². The molecule has 1 aliphatic heterocycles. The number of benzene rings is 2. The van der Waals surface area contributed by atoms with Crippen LogP contribution in [0.2, 0.25) is 0 Å². The van der Waals surface area contributed by atoms with E-state index in [0.717, 1.165) is 35.9 Å². The van der Waals surface area contributed by atoms with Crippen molar-refractivity contribution in [2.24, 2.45) is 0 Å². The average Bonchev–Trinajstić information content (AvgIpc) is 2.88. The van der Waals surface area contributed by atoms with Crippen LogP contribution in [0.25, 0.3) is 11.3 Å². The van der Waals surface area contributed by atoms with Crippen molar-refractivity contribution in [1.82, 2.24) is 15.1 Å². The molecular weight excluding hydrogens is 440 g/mol. The fraction of sp³-hybridized carbons (Fsp3) is 0.261. The second-order valence-electron chi connectivity index (χ2n) is 7.86. The molecule has 0 unspecified atom stereocenters. The Hall–Kier alpha value is -4.41. The summed E-state index contributed by atoms with van der Waals surface area (Å²) in [6.07, 6.45) is 0.970. The van der Waals surface area contributed by atoms with E-state index < -0.39 is 27.1 Å². The number of non-ortho nitro benzene ring substituents is 2. The van der Waals surface area contributed by atoms with Crippen LogP contribution in [-0.4, -0.2) is 57.0 Å². The minimum atomic E-state index is -0.748. The van der Waals surface area contributed by atoms with E-state index in [0.29, 0.717) is 32.0 Å². The van der Waals surface area contributed by atoms with Crippen molar-refractivity contribution in [3.8, 4) is 11.3 Å². The normalized spacial score (nSPS) is 13.6. The number of aryl methyl sites for hydroxylation is 1. The summed E-state index contributed by atoms with van der Waals surface area (Å²) in [4.78, 5) is 37.1. The van der Waals surface area contributed by atoms with Crippen LogP contribution >= 0.6 is 0 Å². The molecule has 11 heteroatoms. The molecule has 11 nitrogen and oxygen atoms in total. The highest BCUT2D eigenvalue weighted by atomic mass is 16.6. The van der Waals surface area contributed by atoms with E-state index in [-0.39, 0.29) is 5.56 Å². The smallest absolute Gasteiger partial charge is 0.277 e. The van der Waals surface area contributed by atoms with Crippen molar-refractivity contribution < 1.29 is 14.6 Å². The van der Waals surface area contributed by atoms with Crippen LogP contribution in [0.5, 0.6) is 0 Å². The van der Waals surface area contributed by atoms with Gasteiger partial charge in [-0.1, -0.05) is 31.2 Å². The first-order chi connectivity index (χ1) is 16.4. The summed E-state index contributed by atoms with van der Waals surface area (Å²) < 4.78 is 0. The van der Waals surface area contributed by atoms with Crippen LogP contribution in [0.4, 0.5) is 17.2 Å². The lowest BCUT2D eigenvalue weighted by atomic mass is 10.1. The van der Waals surface area contributed by atoms with Gasteiger partial charge in [0.2, 0.25) is 0 Å². The van der Waals surface area contributed by atoms with E-state index in [4.69, 9.17) is 0 Å². The van der Waals surface area contributed by atoms with Gasteiger partial charge in [-0.25, -0.2) is 0 Å². The van der Waals surface area contributed by atoms with Gasteiger partial charge in [-0.05, 0) is 24.1 Å². The van der Waals surface area contributed by atoms with Crippen LogP contribution in [0.15, 0.2) is 54.6 Å². The summed E-state index contributed by atoms with van der Waals surface area (Å²) in [6, 6.07) is 14.9. The third-order valence-electron chi connectivity index (χ3n) is 5.77. The van der Waals surface area contributed by atoms with Gasteiger partial charge in [-0.15, -0.1) is 10.2 Å². The van der Waals surface area contributed by atoms with Gasteiger partial charge >= 0.3 is 0 Å². The fourth-order valence-corrected chi connectivity index (χ4v) is 3.81. The maximum absolute atomic E-state index is 12.9. The van der Waals surface area contributed by atoms with E-state index in [1.807, 2.05) is 29.2 Å². The summed E-state index contributed by atoms with van der Waals surface area (Å²) in [5.41, 5.74) is 1.95. The first-order valence-corrected chi connectivity index (χ1v) is 10.8. The van der Waals surface area contributed by atoms with E-state index >= 15 is 0 Å². The molecule has 1 fully saturated rings. The van der Waals surface area contributed by atoms with Crippen molar-refractivity contribution in [1.29, 1.82) is 0 Å². The predicted octanol–water partition coefficient (Wildman–Crippen LogP) is 3.48. The molecular formula is C23H22N6O5. The average molecular weight is 462 g/mol. The quantitative estimate of drug-likeness (QED) is 0.401. The molecule has 174 valence electrons. The number of carbonyl (C=O) groups is 1. The molecule has 1 aromatic heterocycles. The van der Waals surface area contributed by atoms with Crippen LogP contribution < -0.4 is 4.90 Å². The first-order valence-electron chi connectivity index (χ1n) is 10.8. The predicted molar refractivity (Wildman–Crippen MR) is 125 cm³/mol. The standard InChI is InChI=1S/C23H22N6O5/c1-2-16-3-5-17(6-4-16)21-7-8-22(25-24-21)26-9-11-27(12-10-26)23(30)18-13-19(28(31)32)15-20(14-18)29(33)34/h3-8,13-15H,2,9-12H2,1H3. The zero-order valence-corrected chi connectivity index (χ0v) is 18.5. The third-order valence-corrected chi connectivity index (χ3v) is 5.77.